The van der Waals surface area contributed by atoms with Gasteiger partial charge in [-0.1, -0.05) is 0 Å². The van der Waals surface area contributed by atoms with E-state index in [1.165, 1.54) is 38.0 Å². The number of hydrogen-bond donors (Lipinski definition) is 0. The van der Waals surface area contributed by atoms with Crippen molar-refractivity contribution < 1.29 is 74.6 Å². The van der Waals surface area contributed by atoms with Crippen LogP contribution in [0.3, 0.4) is 0 Å². The summed E-state index contributed by atoms with van der Waals surface area (Å²) in [6, 6.07) is 0. The van der Waals surface area contributed by atoms with Crippen molar-refractivity contribution in [3.8, 4) is 0 Å². The molecule has 216 valence electrons. The van der Waals surface area contributed by atoms with Crippen LogP contribution in [0.1, 0.15) is 12.8 Å². The number of halogens is 17. The molecule has 0 fully saturated rings. The predicted molar refractivity (Wildman–Crippen MR) is 89.6 cm³/mol. The highest BCUT2D eigenvalue weighted by atomic mass is 19.4. The summed E-state index contributed by atoms with van der Waals surface area (Å²) in [5.41, 5.74) is 0. The second-order valence-electron chi connectivity index (χ2n) is 7.72. The Morgan fingerprint density at radius 1 is 0.500 bits per heavy atom. The van der Waals surface area contributed by atoms with Crippen LogP contribution < -0.4 is 0 Å². The Kier molecular flexibility index (Phi) is 9.23. The van der Waals surface area contributed by atoms with Gasteiger partial charge in [0.1, 0.15) is 0 Å². The summed E-state index contributed by atoms with van der Waals surface area (Å²) in [5, 5.41) is 0. The molecular formula is C16H18F17N3. The third-order valence-electron chi connectivity index (χ3n) is 4.49. The van der Waals surface area contributed by atoms with Gasteiger partial charge in [-0.2, -0.15) is 74.6 Å². The van der Waals surface area contributed by atoms with Gasteiger partial charge < -0.3 is 9.80 Å². The zero-order valence-electron chi connectivity index (χ0n) is 18.4. The molecule has 0 aromatic carbocycles. The molecule has 0 aromatic heterocycles. The summed E-state index contributed by atoms with van der Waals surface area (Å²) in [7, 11) is 5.45. The van der Waals surface area contributed by atoms with E-state index < -0.39 is 67.0 Å². The van der Waals surface area contributed by atoms with Gasteiger partial charge in [-0.3, -0.25) is 4.99 Å². The average molecular weight is 575 g/mol. The molecule has 0 spiro atoms. The van der Waals surface area contributed by atoms with Crippen LogP contribution in [0.25, 0.3) is 0 Å². The maximum absolute atomic E-state index is 13.8. The van der Waals surface area contributed by atoms with Gasteiger partial charge in [0.15, 0.2) is 5.96 Å². The fourth-order valence-corrected chi connectivity index (χ4v) is 2.52. The predicted octanol–water partition coefficient (Wildman–Crippen LogP) is 6.26. The molecule has 0 saturated carbocycles. The number of alkyl halides is 17. The fraction of sp³-hybridized carbons (Fsp3) is 0.938. The second-order valence-corrected chi connectivity index (χ2v) is 7.72. The van der Waals surface area contributed by atoms with Gasteiger partial charge in [0.05, 0.1) is 0 Å². The fourth-order valence-electron chi connectivity index (χ4n) is 2.52. The summed E-state index contributed by atoms with van der Waals surface area (Å²) in [5.74, 6) is -56.1. The molecule has 0 amide bonds. The van der Waals surface area contributed by atoms with Crippen molar-refractivity contribution >= 4 is 5.96 Å². The summed E-state index contributed by atoms with van der Waals surface area (Å²) in [4.78, 5) is 6.09. The summed E-state index contributed by atoms with van der Waals surface area (Å²) in [6.07, 6.45) is -11.6. The van der Waals surface area contributed by atoms with E-state index in [1.807, 2.05) is 0 Å². The lowest BCUT2D eigenvalue weighted by atomic mass is 9.88. The van der Waals surface area contributed by atoms with Crippen molar-refractivity contribution in [3.05, 3.63) is 0 Å². The maximum Gasteiger partial charge on any atom is 0.460 e. The van der Waals surface area contributed by atoms with Gasteiger partial charge in [-0.15, -0.1) is 0 Å². The van der Waals surface area contributed by atoms with Gasteiger partial charge in [-0.05, 0) is 6.42 Å². The van der Waals surface area contributed by atoms with Crippen molar-refractivity contribution in [2.75, 3.05) is 34.7 Å². The van der Waals surface area contributed by atoms with E-state index in [0.29, 0.717) is 0 Å². The van der Waals surface area contributed by atoms with E-state index in [4.69, 9.17) is 0 Å². The number of hydrogen-bond acceptors (Lipinski definition) is 1. The monoisotopic (exact) mass is 575 g/mol. The molecule has 0 rings (SSSR count). The summed E-state index contributed by atoms with van der Waals surface area (Å²) >= 11 is 0. The minimum Gasteiger partial charge on any atom is -0.349 e. The first-order valence-electron chi connectivity index (χ1n) is 9.09. The highest BCUT2D eigenvalue weighted by Crippen LogP contribution is 2.64. The van der Waals surface area contributed by atoms with Crippen molar-refractivity contribution in [1.82, 2.24) is 9.80 Å². The molecule has 0 unspecified atom stereocenters. The third kappa shape index (κ3) is 5.22. The van der Waals surface area contributed by atoms with Crippen molar-refractivity contribution in [2.45, 2.75) is 60.5 Å². The van der Waals surface area contributed by atoms with E-state index in [2.05, 4.69) is 4.99 Å². The molecule has 0 heterocycles. The third-order valence-corrected chi connectivity index (χ3v) is 4.49. The molecule has 0 aromatic rings. The summed E-state index contributed by atoms with van der Waals surface area (Å²) < 4.78 is 224. The van der Waals surface area contributed by atoms with Crippen LogP contribution >= 0.6 is 0 Å². The quantitative estimate of drug-likeness (QED) is 0.133. The first-order chi connectivity index (χ1) is 15.5. The van der Waals surface area contributed by atoms with E-state index in [1.54, 1.807) is 0 Å². The van der Waals surface area contributed by atoms with Gasteiger partial charge in [0.2, 0.25) is 0 Å². The Balaban J connectivity index is 6.27. The van der Waals surface area contributed by atoms with Crippen molar-refractivity contribution in [3.63, 3.8) is 0 Å². The molecule has 0 radical (unpaired) electrons. The number of rotatable bonds is 10. The zero-order valence-corrected chi connectivity index (χ0v) is 18.4. The van der Waals surface area contributed by atoms with Crippen LogP contribution in [0.15, 0.2) is 4.99 Å². The lowest BCUT2D eigenvalue weighted by Crippen LogP contribution is -2.74. The molecule has 0 saturated heterocycles. The average Bonchev–Trinajstić information content (AvgIpc) is 2.65. The molecular weight excluding hydrogens is 557 g/mol. The number of nitrogens with zero attached hydrogens (tertiary/aromatic N) is 3. The first-order valence-corrected chi connectivity index (χ1v) is 9.09. The minimum absolute atomic E-state index is 0.00518. The lowest BCUT2D eigenvalue weighted by Gasteiger charge is -2.42. The van der Waals surface area contributed by atoms with Crippen molar-refractivity contribution in [2.24, 2.45) is 4.99 Å². The second kappa shape index (κ2) is 9.75. The van der Waals surface area contributed by atoms with E-state index in [-0.39, 0.29) is 5.96 Å². The Morgan fingerprint density at radius 3 is 1.11 bits per heavy atom. The van der Waals surface area contributed by atoms with Gasteiger partial charge in [0.25, 0.3) is 0 Å². The van der Waals surface area contributed by atoms with Crippen LogP contribution in [0, 0.1) is 0 Å². The van der Waals surface area contributed by atoms with Crippen LogP contribution in [-0.4, -0.2) is 98.1 Å². The number of aliphatic imine (C=N–C) groups is 1. The Morgan fingerprint density at radius 2 is 0.806 bits per heavy atom. The molecule has 36 heavy (non-hydrogen) atoms. The molecule has 0 aliphatic carbocycles. The SMILES string of the molecule is CN(C)C(=NCCCC(F)(F)C(F)(F)C(F)(F)C(F)(F)C(F)(F)C(F)(F)C(F)(F)C(F)(F)F)N(C)C. The zero-order chi connectivity index (χ0) is 29.6. The summed E-state index contributed by atoms with van der Waals surface area (Å²) in [6.45, 7) is -0.870. The van der Waals surface area contributed by atoms with Crippen LogP contribution in [0.5, 0.6) is 0 Å². The highest BCUT2D eigenvalue weighted by molar-refractivity contribution is 5.79. The topological polar surface area (TPSA) is 18.8 Å². The van der Waals surface area contributed by atoms with E-state index in [9.17, 15) is 74.6 Å². The molecule has 3 nitrogen and oxygen atoms in total. The van der Waals surface area contributed by atoms with Crippen LogP contribution in [0.4, 0.5) is 74.6 Å². The lowest BCUT2D eigenvalue weighted by molar-refractivity contribution is -0.461. The highest BCUT2D eigenvalue weighted by Gasteiger charge is 2.95. The van der Waals surface area contributed by atoms with Gasteiger partial charge in [0, 0.05) is 41.2 Å². The Labute approximate surface area is 191 Å². The van der Waals surface area contributed by atoms with Gasteiger partial charge >= 0.3 is 47.6 Å². The normalized spacial score (nSPS) is 15.1. The van der Waals surface area contributed by atoms with E-state index in [0.717, 1.165) is 0 Å². The Bertz CT molecular complexity index is 773. The van der Waals surface area contributed by atoms with E-state index >= 15 is 0 Å². The van der Waals surface area contributed by atoms with Crippen LogP contribution in [-0.2, 0) is 0 Å². The molecule has 0 atom stereocenters. The first kappa shape index (κ1) is 34.1. The largest absolute Gasteiger partial charge is 0.460 e. The minimum atomic E-state index is -8.61. The molecule has 0 N–H and O–H groups in total. The van der Waals surface area contributed by atoms with Crippen molar-refractivity contribution in [1.29, 1.82) is 0 Å². The standard InChI is InChI=1S/C16H18F17N3/c1-35(2)8(36(3)4)34-7-5-6-9(17,18)10(19,20)11(21,22)12(23,24)13(25,26)14(27,28)15(29,30)16(31,32)33/h5-7H2,1-4H3. The Hall–Kier alpha value is -1.92. The molecule has 0 aliphatic heterocycles. The smallest absolute Gasteiger partial charge is 0.349 e. The maximum atomic E-state index is 13.8. The molecule has 0 aliphatic rings. The van der Waals surface area contributed by atoms with Gasteiger partial charge in [-0.25, -0.2) is 0 Å². The number of guanidine groups is 1. The van der Waals surface area contributed by atoms with Crippen LogP contribution in [0.2, 0.25) is 0 Å². The molecule has 20 heteroatoms. The molecule has 0 bridgehead atoms.